The van der Waals surface area contributed by atoms with Crippen LogP contribution in [0, 0.1) is 6.92 Å². The smallest absolute Gasteiger partial charge is 0.227 e. The molecule has 13 heavy (non-hydrogen) atoms. The second kappa shape index (κ2) is 4.04. The van der Waals surface area contributed by atoms with Crippen molar-refractivity contribution in [1.82, 2.24) is 5.16 Å². The second-order valence-corrected chi connectivity index (χ2v) is 3.05. The third-order valence-corrected chi connectivity index (χ3v) is 1.40. The van der Waals surface area contributed by atoms with Crippen LogP contribution in [-0.2, 0) is 4.79 Å². The van der Waals surface area contributed by atoms with E-state index in [0.29, 0.717) is 11.6 Å². The average Bonchev–Trinajstić information content (AvgIpc) is 2.33. The van der Waals surface area contributed by atoms with Gasteiger partial charge in [0.15, 0.2) is 5.82 Å². The van der Waals surface area contributed by atoms with Gasteiger partial charge in [0, 0.05) is 18.5 Å². The van der Waals surface area contributed by atoms with Gasteiger partial charge in [-0.15, -0.1) is 0 Å². The number of nitrogens with one attached hydrogen (secondary N) is 1. The minimum atomic E-state index is -0.150. The Kier molecular flexibility index (Phi) is 3.02. The molecule has 1 unspecified atom stereocenters. The number of aryl methyl sites for hydroxylation is 1. The number of carbonyl (C=O) groups is 1. The fourth-order valence-electron chi connectivity index (χ4n) is 0.912. The van der Waals surface area contributed by atoms with Crippen LogP contribution in [0.3, 0.4) is 0 Å². The predicted octanol–water partition coefficient (Wildman–Crippen LogP) is 0.659. The summed E-state index contributed by atoms with van der Waals surface area (Å²) in [5.41, 5.74) is 5.45. The van der Waals surface area contributed by atoms with Crippen LogP contribution in [0.25, 0.3) is 0 Å². The Morgan fingerprint density at radius 2 is 2.54 bits per heavy atom. The molecule has 0 saturated heterocycles. The van der Waals surface area contributed by atoms with E-state index in [0.717, 1.165) is 0 Å². The number of carbonyl (C=O) groups excluding carboxylic acids is 1. The fraction of sp³-hybridized carbons (Fsp3) is 0.500. The van der Waals surface area contributed by atoms with E-state index in [9.17, 15) is 4.79 Å². The first kappa shape index (κ1) is 9.73. The van der Waals surface area contributed by atoms with Crippen LogP contribution in [-0.4, -0.2) is 17.1 Å². The van der Waals surface area contributed by atoms with Gasteiger partial charge in [-0.3, -0.25) is 4.79 Å². The van der Waals surface area contributed by atoms with Crippen LogP contribution in [0.1, 0.15) is 19.1 Å². The Balaban J connectivity index is 2.45. The Bertz CT molecular complexity index is 293. The van der Waals surface area contributed by atoms with Gasteiger partial charge < -0.3 is 15.6 Å². The van der Waals surface area contributed by atoms with Crippen LogP contribution >= 0.6 is 0 Å². The summed E-state index contributed by atoms with van der Waals surface area (Å²) in [5, 5.41) is 6.19. The summed E-state index contributed by atoms with van der Waals surface area (Å²) in [6.45, 7) is 3.53. The van der Waals surface area contributed by atoms with Gasteiger partial charge in [-0.1, -0.05) is 5.16 Å². The standard InChI is InChI=1S/C8H13N3O2/c1-5(9)3-8(12)10-7-4-6(2)13-11-7/h4-5H,3,9H2,1-2H3,(H,10,11,12). The second-order valence-electron chi connectivity index (χ2n) is 3.05. The highest BCUT2D eigenvalue weighted by atomic mass is 16.5. The minimum Gasteiger partial charge on any atom is -0.360 e. The molecule has 5 nitrogen and oxygen atoms in total. The van der Waals surface area contributed by atoms with Crippen molar-refractivity contribution < 1.29 is 9.32 Å². The number of nitrogens with two attached hydrogens (primary N) is 1. The van der Waals surface area contributed by atoms with Crippen molar-refractivity contribution >= 4 is 11.7 Å². The molecule has 0 saturated carbocycles. The largest absolute Gasteiger partial charge is 0.360 e. The zero-order valence-corrected chi connectivity index (χ0v) is 7.70. The maximum absolute atomic E-state index is 11.2. The highest BCUT2D eigenvalue weighted by Crippen LogP contribution is 2.07. The van der Waals surface area contributed by atoms with Crippen LogP contribution in [0.15, 0.2) is 10.6 Å². The summed E-state index contributed by atoms with van der Waals surface area (Å²) in [6.07, 6.45) is 0.284. The maximum Gasteiger partial charge on any atom is 0.227 e. The lowest BCUT2D eigenvalue weighted by atomic mass is 10.2. The van der Waals surface area contributed by atoms with Crippen molar-refractivity contribution in [3.8, 4) is 0 Å². The molecular formula is C8H13N3O2. The number of nitrogens with zero attached hydrogens (tertiary/aromatic N) is 1. The first-order valence-electron chi connectivity index (χ1n) is 4.06. The normalized spacial score (nSPS) is 12.5. The number of hydrogen-bond acceptors (Lipinski definition) is 4. The molecule has 1 atom stereocenters. The lowest BCUT2D eigenvalue weighted by Gasteiger charge is -2.03. The zero-order chi connectivity index (χ0) is 9.84. The molecule has 0 aliphatic heterocycles. The molecule has 5 heteroatoms. The molecule has 0 aliphatic carbocycles. The molecule has 3 N–H and O–H groups in total. The van der Waals surface area contributed by atoms with E-state index in [1.165, 1.54) is 0 Å². The summed E-state index contributed by atoms with van der Waals surface area (Å²) in [4.78, 5) is 11.2. The molecule has 1 aromatic heterocycles. The van der Waals surface area contributed by atoms with Crippen molar-refractivity contribution in [3.63, 3.8) is 0 Å². The zero-order valence-electron chi connectivity index (χ0n) is 7.70. The number of aromatic nitrogens is 1. The third kappa shape index (κ3) is 3.25. The minimum absolute atomic E-state index is 0.145. The quantitative estimate of drug-likeness (QED) is 0.721. The van der Waals surface area contributed by atoms with E-state index in [1.807, 2.05) is 0 Å². The maximum atomic E-state index is 11.2. The number of anilines is 1. The van der Waals surface area contributed by atoms with Gasteiger partial charge in [0.25, 0.3) is 0 Å². The molecule has 1 heterocycles. The van der Waals surface area contributed by atoms with Crippen molar-refractivity contribution in [2.24, 2.45) is 5.73 Å². The molecule has 0 spiro atoms. The lowest BCUT2D eigenvalue weighted by Crippen LogP contribution is -2.24. The molecule has 0 bridgehead atoms. The Hall–Kier alpha value is -1.36. The topological polar surface area (TPSA) is 81.2 Å². The van der Waals surface area contributed by atoms with Gasteiger partial charge in [0.1, 0.15) is 5.76 Å². The van der Waals surface area contributed by atoms with Gasteiger partial charge in [-0.2, -0.15) is 0 Å². The van der Waals surface area contributed by atoms with Crippen LogP contribution in [0.4, 0.5) is 5.82 Å². The number of hydrogen-bond donors (Lipinski definition) is 2. The monoisotopic (exact) mass is 183 g/mol. The molecule has 1 amide bonds. The Morgan fingerprint density at radius 1 is 1.85 bits per heavy atom. The van der Waals surface area contributed by atoms with E-state index >= 15 is 0 Å². The highest BCUT2D eigenvalue weighted by molar-refractivity contribution is 5.90. The average molecular weight is 183 g/mol. The summed E-state index contributed by atoms with van der Waals surface area (Å²) in [5.74, 6) is 0.947. The molecule has 1 rings (SSSR count). The Morgan fingerprint density at radius 3 is 3.00 bits per heavy atom. The van der Waals surface area contributed by atoms with Crippen LogP contribution in [0.5, 0.6) is 0 Å². The van der Waals surface area contributed by atoms with Crippen LogP contribution in [0.2, 0.25) is 0 Å². The molecule has 0 fully saturated rings. The molecule has 1 aromatic rings. The van der Waals surface area contributed by atoms with E-state index < -0.39 is 0 Å². The van der Waals surface area contributed by atoms with Gasteiger partial charge in [0.2, 0.25) is 5.91 Å². The van der Waals surface area contributed by atoms with E-state index in [1.54, 1.807) is 19.9 Å². The van der Waals surface area contributed by atoms with E-state index in [2.05, 4.69) is 10.5 Å². The van der Waals surface area contributed by atoms with E-state index in [4.69, 9.17) is 10.3 Å². The van der Waals surface area contributed by atoms with Gasteiger partial charge in [-0.25, -0.2) is 0 Å². The highest BCUT2D eigenvalue weighted by Gasteiger charge is 2.07. The van der Waals surface area contributed by atoms with Crippen LogP contribution < -0.4 is 11.1 Å². The molecule has 72 valence electrons. The van der Waals surface area contributed by atoms with Gasteiger partial charge in [0.05, 0.1) is 0 Å². The van der Waals surface area contributed by atoms with Crippen molar-refractivity contribution in [2.45, 2.75) is 26.3 Å². The summed E-state index contributed by atoms with van der Waals surface area (Å²) in [7, 11) is 0. The Labute approximate surface area is 76.3 Å². The first-order chi connectivity index (χ1) is 6.08. The molecule has 0 radical (unpaired) electrons. The van der Waals surface area contributed by atoms with E-state index in [-0.39, 0.29) is 18.4 Å². The van der Waals surface area contributed by atoms with Crippen molar-refractivity contribution in [3.05, 3.63) is 11.8 Å². The summed E-state index contributed by atoms with van der Waals surface area (Å²) >= 11 is 0. The number of rotatable bonds is 3. The molecule has 0 aromatic carbocycles. The molecular weight excluding hydrogens is 170 g/mol. The van der Waals surface area contributed by atoms with Gasteiger partial charge in [-0.05, 0) is 13.8 Å². The summed E-state index contributed by atoms with van der Waals surface area (Å²) in [6, 6.07) is 1.51. The summed E-state index contributed by atoms with van der Waals surface area (Å²) < 4.78 is 4.77. The third-order valence-electron chi connectivity index (χ3n) is 1.40. The van der Waals surface area contributed by atoms with Crippen molar-refractivity contribution in [2.75, 3.05) is 5.32 Å². The number of amides is 1. The first-order valence-corrected chi connectivity index (χ1v) is 4.06. The fourth-order valence-corrected chi connectivity index (χ4v) is 0.912. The predicted molar refractivity (Wildman–Crippen MR) is 48.1 cm³/mol. The SMILES string of the molecule is Cc1cc(NC(=O)CC(C)N)no1. The van der Waals surface area contributed by atoms with Crippen molar-refractivity contribution in [1.29, 1.82) is 0 Å². The molecule has 0 aliphatic rings. The van der Waals surface area contributed by atoms with Gasteiger partial charge >= 0.3 is 0 Å². The lowest BCUT2D eigenvalue weighted by molar-refractivity contribution is -0.116.